The third kappa shape index (κ3) is 3.71. The van der Waals surface area contributed by atoms with Crippen LogP contribution in [0.1, 0.15) is 23.2 Å². The molecule has 1 atom stereocenters. The molecule has 1 fully saturated rings. The van der Waals surface area contributed by atoms with Crippen LogP contribution in [0.2, 0.25) is 0 Å². The fraction of sp³-hybridized carbons (Fsp3) is 0.353. The number of ether oxygens (including phenoxy) is 2. The summed E-state index contributed by atoms with van der Waals surface area (Å²) in [4.78, 5) is 13.8. The summed E-state index contributed by atoms with van der Waals surface area (Å²) in [6.07, 6.45) is 0.909. The SMILES string of the molecule is COc1ccc(OC2CCCN(C(=O)c3ccc(F)c(F)c3F)C2)nn1. The molecule has 2 heterocycles. The number of aromatic nitrogens is 2. The summed E-state index contributed by atoms with van der Waals surface area (Å²) in [5.41, 5.74) is -0.506. The lowest BCUT2D eigenvalue weighted by Gasteiger charge is -2.32. The van der Waals surface area contributed by atoms with E-state index in [4.69, 9.17) is 9.47 Å². The standard InChI is InChI=1S/C17H16F3N3O3/c1-25-13-6-7-14(22-21-13)26-10-3-2-8-23(9-10)17(24)11-4-5-12(18)16(20)15(11)19/h4-7,10H,2-3,8-9H2,1H3. The van der Waals surface area contributed by atoms with Gasteiger partial charge in [-0.05, 0) is 25.0 Å². The normalized spacial score (nSPS) is 17.1. The second-order valence-corrected chi connectivity index (χ2v) is 5.77. The first kappa shape index (κ1) is 18.0. The summed E-state index contributed by atoms with van der Waals surface area (Å²) < 4.78 is 50.9. The molecular formula is C17H16F3N3O3. The minimum atomic E-state index is -1.66. The highest BCUT2D eigenvalue weighted by atomic mass is 19.2. The van der Waals surface area contributed by atoms with Crippen LogP contribution >= 0.6 is 0 Å². The Morgan fingerprint density at radius 3 is 2.54 bits per heavy atom. The quantitative estimate of drug-likeness (QED) is 0.778. The Kier molecular flexibility index (Phi) is 5.24. The third-order valence-corrected chi connectivity index (χ3v) is 4.04. The minimum absolute atomic E-state index is 0.172. The topological polar surface area (TPSA) is 64.6 Å². The Morgan fingerprint density at radius 1 is 1.12 bits per heavy atom. The number of amides is 1. The highest BCUT2D eigenvalue weighted by Crippen LogP contribution is 2.21. The summed E-state index contributed by atoms with van der Waals surface area (Å²) in [5.74, 6) is -4.59. The average Bonchev–Trinajstić information content (AvgIpc) is 2.66. The highest BCUT2D eigenvalue weighted by Gasteiger charge is 2.29. The van der Waals surface area contributed by atoms with Gasteiger partial charge in [-0.3, -0.25) is 4.79 Å². The lowest BCUT2D eigenvalue weighted by molar-refractivity contribution is 0.0520. The van der Waals surface area contributed by atoms with Crippen LogP contribution in [0.4, 0.5) is 13.2 Å². The molecule has 0 saturated carbocycles. The zero-order valence-corrected chi connectivity index (χ0v) is 13.9. The molecule has 1 amide bonds. The maximum absolute atomic E-state index is 13.9. The van der Waals surface area contributed by atoms with E-state index in [9.17, 15) is 18.0 Å². The van der Waals surface area contributed by atoms with Gasteiger partial charge in [-0.2, -0.15) is 0 Å². The number of rotatable bonds is 4. The van der Waals surface area contributed by atoms with Crippen LogP contribution in [-0.2, 0) is 0 Å². The van der Waals surface area contributed by atoms with E-state index in [0.29, 0.717) is 25.3 Å². The van der Waals surface area contributed by atoms with E-state index in [1.165, 1.54) is 12.0 Å². The van der Waals surface area contributed by atoms with E-state index in [0.717, 1.165) is 12.1 Å². The summed E-state index contributed by atoms with van der Waals surface area (Å²) in [6, 6.07) is 4.85. The van der Waals surface area contributed by atoms with E-state index in [-0.39, 0.29) is 18.5 Å². The van der Waals surface area contributed by atoms with Crippen molar-refractivity contribution in [1.29, 1.82) is 0 Å². The molecule has 0 N–H and O–H groups in total. The zero-order valence-electron chi connectivity index (χ0n) is 13.9. The Bertz CT molecular complexity index is 802. The molecule has 138 valence electrons. The number of likely N-dealkylation sites (tertiary alicyclic amines) is 1. The van der Waals surface area contributed by atoms with Crippen LogP contribution in [0.15, 0.2) is 24.3 Å². The van der Waals surface area contributed by atoms with Gasteiger partial charge in [0.25, 0.3) is 5.91 Å². The predicted octanol–water partition coefficient (Wildman–Crippen LogP) is 2.59. The molecule has 0 aliphatic carbocycles. The molecule has 3 rings (SSSR count). The molecular weight excluding hydrogens is 351 g/mol. The largest absolute Gasteiger partial charge is 0.480 e. The van der Waals surface area contributed by atoms with Crippen molar-refractivity contribution in [3.05, 3.63) is 47.3 Å². The number of methoxy groups -OCH3 is 1. The number of carbonyl (C=O) groups is 1. The maximum Gasteiger partial charge on any atom is 0.257 e. The van der Waals surface area contributed by atoms with Gasteiger partial charge in [-0.15, -0.1) is 10.2 Å². The molecule has 1 aromatic carbocycles. The van der Waals surface area contributed by atoms with E-state index in [2.05, 4.69) is 10.2 Å². The summed E-state index contributed by atoms with van der Waals surface area (Å²) in [6.45, 7) is 0.538. The molecule has 1 aliphatic heterocycles. The van der Waals surface area contributed by atoms with E-state index < -0.39 is 28.9 Å². The molecule has 1 aliphatic rings. The van der Waals surface area contributed by atoms with Gasteiger partial charge < -0.3 is 14.4 Å². The average molecular weight is 367 g/mol. The Balaban J connectivity index is 1.69. The zero-order chi connectivity index (χ0) is 18.7. The number of carbonyl (C=O) groups excluding carboxylic acids is 1. The molecule has 2 aromatic rings. The second kappa shape index (κ2) is 7.59. The van der Waals surface area contributed by atoms with Crippen molar-refractivity contribution in [2.75, 3.05) is 20.2 Å². The van der Waals surface area contributed by atoms with Crippen LogP contribution in [-0.4, -0.2) is 47.3 Å². The van der Waals surface area contributed by atoms with Crippen LogP contribution in [0.5, 0.6) is 11.8 Å². The van der Waals surface area contributed by atoms with Crippen molar-refractivity contribution in [2.24, 2.45) is 0 Å². The fourth-order valence-electron chi connectivity index (χ4n) is 2.73. The van der Waals surface area contributed by atoms with Gasteiger partial charge >= 0.3 is 0 Å². The first-order valence-electron chi connectivity index (χ1n) is 7.96. The fourth-order valence-corrected chi connectivity index (χ4v) is 2.73. The molecule has 0 spiro atoms. The molecule has 1 aromatic heterocycles. The summed E-state index contributed by atoms with van der Waals surface area (Å²) in [5, 5.41) is 7.64. The van der Waals surface area contributed by atoms with Crippen molar-refractivity contribution in [2.45, 2.75) is 18.9 Å². The van der Waals surface area contributed by atoms with E-state index in [1.807, 2.05) is 0 Å². The van der Waals surface area contributed by atoms with Gasteiger partial charge in [-0.25, -0.2) is 13.2 Å². The van der Waals surface area contributed by atoms with E-state index >= 15 is 0 Å². The van der Waals surface area contributed by atoms with E-state index in [1.54, 1.807) is 12.1 Å². The van der Waals surface area contributed by atoms with Crippen molar-refractivity contribution >= 4 is 5.91 Å². The summed E-state index contributed by atoms with van der Waals surface area (Å²) in [7, 11) is 1.46. The Morgan fingerprint density at radius 2 is 1.85 bits per heavy atom. The Hall–Kier alpha value is -2.84. The minimum Gasteiger partial charge on any atom is -0.480 e. The van der Waals surface area contributed by atoms with Crippen LogP contribution < -0.4 is 9.47 Å². The first-order chi connectivity index (χ1) is 12.5. The predicted molar refractivity (Wildman–Crippen MR) is 84.5 cm³/mol. The van der Waals surface area contributed by atoms with Gasteiger partial charge in [-0.1, -0.05) is 0 Å². The lowest BCUT2D eigenvalue weighted by atomic mass is 10.1. The number of piperidine rings is 1. The molecule has 0 radical (unpaired) electrons. The number of benzene rings is 1. The highest BCUT2D eigenvalue weighted by molar-refractivity contribution is 5.94. The van der Waals surface area contributed by atoms with Gasteiger partial charge in [0.1, 0.15) is 6.10 Å². The van der Waals surface area contributed by atoms with Crippen molar-refractivity contribution in [1.82, 2.24) is 15.1 Å². The van der Waals surface area contributed by atoms with Crippen LogP contribution in [0, 0.1) is 17.5 Å². The number of nitrogens with zero attached hydrogens (tertiary/aromatic N) is 3. The van der Waals surface area contributed by atoms with Gasteiger partial charge in [0.05, 0.1) is 19.2 Å². The van der Waals surface area contributed by atoms with Gasteiger partial charge in [0, 0.05) is 18.7 Å². The monoisotopic (exact) mass is 367 g/mol. The smallest absolute Gasteiger partial charge is 0.257 e. The van der Waals surface area contributed by atoms with Crippen LogP contribution in [0.25, 0.3) is 0 Å². The molecule has 26 heavy (non-hydrogen) atoms. The Labute approximate surface area is 147 Å². The second-order valence-electron chi connectivity index (χ2n) is 5.77. The molecule has 0 bridgehead atoms. The molecule has 6 nitrogen and oxygen atoms in total. The van der Waals surface area contributed by atoms with Gasteiger partial charge in [0.15, 0.2) is 17.5 Å². The van der Waals surface area contributed by atoms with Crippen molar-refractivity contribution in [3.8, 4) is 11.8 Å². The maximum atomic E-state index is 13.9. The van der Waals surface area contributed by atoms with Gasteiger partial charge in [0.2, 0.25) is 11.8 Å². The van der Waals surface area contributed by atoms with Crippen molar-refractivity contribution in [3.63, 3.8) is 0 Å². The number of hydrogen-bond donors (Lipinski definition) is 0. The molecule has 1 saturated heterocycles. The number of hydrogen-bond acceptors (Lipinski definition) is 5. The first-order valence-corrected chi connectivity index (χ1v) is 7.96. The number of halogens is 3. The van der Waals surface area contributed by atoms with Crippen molar-refractivity contribution < 1.29 is 27.4 Å². The molecule has 1 unspecified atom stereocenters. The summed E-state index contributed by atoms with van der Waals surface area (Å²) >= 11 is 0. The molecule has 9 heteroatoms. The van der Waals surface area contributed by atoms with Crippen LogP contribution in [0.3, 0.4) is 0 Å². The third-order valence-electron chi connectivity index (χ3n) is 4.04. The lowest BCUT2D eigenvalue weighted by Crippen LogP contribution is -2.44.